The van der Waals surface area contributed by atoms with Gasteiger partial charge in [0.2, 0.25) is 11.8 Å². The van der Waals surface area contributed by atoms with Gasteiger partial charge in [-0.3, -0.25) is 9.59 Å². The molecule has 4 N–H and O–H groups in total. The molecule has 0 spiro atoms. The first-order chi connectivity index (χ1) is 10.4. The third-order valence-electron chi connectivity index (χ3n) is 2.85. The largest absolute Gasteiger partial charge is 0.351 e. The van der Waals surface area contributed by atoms with Gasteiger partial charge in [0.1, 0.15) is 0 Å². The third-order valence-corrected chi connectivity index (χ3v) is 4.83. The van der Waals surface area contributed by atoms with Gasteiger partial charge in [-0.15, -0.1) is 35.1 Å². The van der Waals surface area contributed by atoms with E-state index in [9.17, 15) is 9.59 Å². The van der Waals surface area contributed by atoms with Gasteiger partial charge in [-0.25, -0.2) is 4.98 Å². The second-order valence-corrected chi connectivity index (χ2v) is 7.25. The van der Waals surface area contributed by atoms with E-state index < -0.39 is 6.04 Å². The van der Waals surface area contributed by atoms with Crippen molar-refractivity contribution in [2.75, 3.05) is 5.32 Å². The highest BCUT2D eigenvalue weighted by atomic mass is 35.5. The molecular weight excluding hydrogens is 356 g/mol. The number of thiazole rings is 1. The first-order valence-corrected chi connectivity index (χ1v) is 8.37. The van der Waals surface area contributed by atoms with Crippen LogP contribution in [-0.2, 0) is 16.1 Å². The van der Waals surface area contributed by atoms with Crippen molar-refractivity contribution in [1.82, 2.24) is 10.3 Å². The number of aryl methyl sites for hydroxylation is 1. The van der Waals surface area contributed by atoms with Crippen LogP contribution in [0.25, 0.3) is 10.6 Å². The predicted molar refractivity (Wildman–Crippen MR) is 97.2 cm³/mol. The molecule has 2 amide bonds. The summed E-state index contributed by atoms with van der Waals surface area (Å²) in [4.78, 5) is 30.1. The number of rotatable bonds is 5. The van der Waals surface area contributed by atoms with E-state index in [1.807, 2.05) is 19.1 Å². The zero-order valence-corrected chi connectivity index (χ0v) is 15.5. The minimum Gasteiger partial charge on any atom is -0.351 e. The molecule has 2 rings (SSSR count). The molecule has 0 saturated heterocycles. The van der Waals surface area contributed by atoms with E-state index in [1.165, 1.54) is 18.3 Å². The molecule has 0 bridgehead atoms. The molecule has 23 heavy (non-hydrogen) atoms. The number of halogens is 1. The highest BCUT2D eigenvalue weighted by molar-refractivity contribution is 7.18. The van der Waals surface area contributed by atoms with Gasteiger partial charge < -0.3 is 16.4 Å². The van der Waals surface area contributed by atoms with Crippen LogP contribution < -0.4 is 16.4 Å². The summed E-state index contributed by atoms with van der Waals surface area (Å²) in [5, 5.41) is 6.03. The quantitative estimate of drug-likeness (QED) is 0.749. The first-order valence-electron chi connectivity index (χ1n) is 6.74. The van der Waals surface area contributed by atoms with E-state index in [1.54, 1.807) is 18.3 Å². The maximum absolute atomic E-state index is 11.6. The number of nitrogens with zero attached hydrogens (tertiary/aromatic N) is 1. The molecule has 6 nitrogen and oxygen atoms in total. The van der Waals surface area contributed by atoms with Crippen molar-refractivity contribution in [1.29, 1.82) is 0 Å². The Hall–Kier alpha value is -1.48. The zero-order valence-electron chi connectivity index (χ0n) is 13.0. The zero-order chi connectivity index (χ0) is 16.3. The summed E-state index contributed by atoms with van der Waals surface area (Å²) < 4.78 is 0. The van der Waals surface area contributed by atoms with E-state index in [4.69, 9.17) is 5.73 Å². The monoisotopic (exact) mass is 374 g/mol. The normalized spacial score (nSPS) is 11.5. The summed E-state index contributed by atoms with van der Waals surface area (Å²) >= 11 is 2.99. The molecule has 0 aliphatic heterocycles. The second kappa shape index (κ2) is 8.39. The molecule has 0 fully saturated rings. The molecule has 0 unspecified atom stereocenters. The van der Waals surface area contributed by atoms with Crippen LogP contribution in [0.3, 0.4) is 0 Å². The Balaban J connectivity index is 0.00000264. The summed E-state index contributed by atoms with van der Waals surface area (Å²) in [6.07, 6.45) is 0. The number of carbonyl (C=O) groups excluding carboxylic acids is 2. The molecule has 0 aromatic carbocycles. The van der Waals surface area contributed by atoms with Crippen molar-refractivity contribution in [2.24, 2.45) is 5.73 Å². The number of nitrogens with one attached hydrogen (secondary N) is 2. The fraction of sp³-hybridized carbons (Fsp3) is 0.357. The molecule has 0 radical (unpaired) electrons. The maximum atomic E-state index is 11.6. The fourth-order valence-electron chi connectivity index (χ4n) is 1.71. The van der Waals surface area contributed by atoms with Gasteiger partial charge in [0, 0.05) is 16.7 Å². The lowest BCUT2D eigenvalue weighted by atomic mass is 10.3. The summed E-state index contributed by atoms with van der Waals surface area (Å²) in [5.41, 5.74) is 6.38. The Kier molecular flexibility index (Phi) is 7.14. The number of anilines is 1. The highest BCUT2D eigenvalue weighted by Crippen LogP contribution is 2.34. The Morgan fingerprint density at radius 3 is 2.65 bits per heavy atom. The minimum atomic E-state index is -0.571. The molecule has 9 heteroatoms. The van der Waals surface area contributed by atoms with E-state index in [2.05, 4.69) is 15.6 Å². The number of thiophene rings is 1. The van der Waals surface area contributed by atoms with Crippen molar-refractivity contribution in [3.63, 3.8) is 0 Å². The predicted octanol–water partition coefficient (Wildman–Crippen LogP) is 2.52. The average molecular weight is 375 g/mol. The van der Waals surface area contributed by atoms with Crippen molar-refractivity contribution in [3.8, 4) is 10.6 Å². The number of hydrogen-bond acceptors (Lipinski definition) is 6. The maximum Gasteiger partial charge on any atom is 0.242 e. The van der Waals surface area contributed by atoms with Crippen LogP contribution in [0, 0.1) is 6.92 Å². The van der Waals surface area contributed by atoms with Crippen LogP contribution >= 0.6 is 35.1 Å². The van der Waals surface area contributed by atoms with Crippen LogP contribution in [0.1, 0.15) is 23.6 Å². The standard InChI is InChI=1S/C14H18N4O2S2.ClH/c1-7(15)13(20)18-14-17-12(8(2)21-14)11-5-4-10(22-11)6-16-9(3)19;/h4-5,7H,6,15H2,1-3H3,(H,16,19)(H,17,18,20);1H/t7-;/m0./s1. The summed E-state index contributed by atoms with van der Waals surface area (Å²) in [6.45, 7) is 5.59. The van der Waals surface area contributed by atoms with Crippen LogP contribution in [0.15, 0.2) is 12.1 Å². The Labute approximate surface area is 148 Å². The van der Waals surface area contributed by atoms with Crippen molar-refractivity contribution >= 4 is 52.0 Å². The molecule has 0 aliphatic rings. The summed E-state index contributed by atoms with van der Waals surface area (Å²) in [6, 6.07) is 3.37. The topological polar surface area (TPSA) is 97.1 Å². The lowest BCUT2D eigenvalue weighted by Gasteiger charge is -2.03. The van der Waals surface area contributed by atoms with Gasteiger partial charge in [-0.1, -0.05) is 0 Å². The summed E-state index contributed by atoms with van der Waals surface area (Å²) in [5.74, 6) is -0.307. The van der Waals surface area contributed by atoms with E-state index >= 15 is 0 Å². The van der Waals surface area contributed by atoms with Crippen LogP contribution in [0.2, 0.25) is 0 Å². The van der Waals surface area contributed by atoms with Gasteiger partial charge in [-0.2, -0.15) is 0 Å². The third kappa shape index (κ3) is 5.28. The minimum absolute atomic E-state index is 0. The Bertz CT molecular complexity index is 697. The molecule has 0 saturated carbocycles. The Morgan fingerprint density at radius 1 is 1.35 bits per heavy atom. The van der Waals surface area contributed by atoms with E-state index in [0.717, 1.165) is 20.3 Å². The molecule has 2 aromatic rings. The van der Waals surface area contributed by atoms with E-state index in [-0.39, 0.29) is 24.2 Å². The second-order valence-electron chi connectivity index (χ2n) is 4.88. The molecule has 126 valence electrons. The van der Waals surface area contributed by atoms with Crippen molar-refractivity contribution in [3.05, 3.63) is 21.9 Å². The number of aromatic nitrogens is 1. The Morgan fingerprint density at radius 2 is 2.04 bits per heavy atom. The fourth-order valence-corrected chi connectivity index (χ4v) is 3.60. The van der Waals surface area contributed by atoms with Crippen molar-refractivity contribution < 1.29 is 9.59 Å². The van der Waals surface area contributed by atoms with Gasteiger partial charge in [0.05, 0.1) is 23.2 Å². The molecule has 1 atom stereocenters. The number of nitrogens with two attached hydrogens (primary N) is 1. The average Bonchev–Trinajstić information content (AvgIpc) is 3.02. The number of amides is 2. The van der Waals surface area contributed by atoms with Gasteiger partial charge in [-0.05, 0) is 26.0 Å². The molecular formula is C14H19ClN4O2S2. The lowest BCUT2D eigenvalue weighted by Crippen LogP contribution is -2.32. The van der Waals surface area contributed by atoms with Crippen LogP contribution in [-0.4, -0.2) is 22.8 Å². The molecule has 0 aliphatic carbocycles. The smallest absolute Gasteiger partial charge is 0.242 e. The summed E-state index contributed by atoms with van der Waals surface area (Å²) in [7, 11) is 0. The number of hydrogen-bond donors (Lipinski definition) is 3. The van der Waals surface area contributed by atoms with Gasteiger partial charge in [0.15, 0.2) is 5.13 Å². The molecule has 2 heterocycles. The van der Waals surface area contributed by atoms with Gasteiger partial charge >= 0.3 is 0 Å². The van der Waals surface area contributed by atoms with Crippen LogP contribution in [0.5, 0.6) is 0 Å². The van der Waals surface area contributed by atoms with Gasteiger partial charge in [0.25, 0.3) is 0 Å². The van der Waals surface area contributed by atoms with Crippen molar-refractivity contribution in [2.45, 2.75) is 33.4 Å². The SMILES string of the molecule is CC(=O)NCc1ccc(-c2nc(NC(=O)[C@H](C)N)sc2C)s1.Cl. The molecule has 2 aromatic heterocycles. The lowest BCUT2D eigenvalue weighted by molar-refractivity contribution is -0.119. The van der Waals surface area contributed by atoms with Crippen LogP contribution in [0.4, 0.5) is 5.13 Å². The number of carbonyl (C=O) groups is 2. The highest BCUT2D eigenvalue weighted by Gasteiger charge is 2.15. The first kappa shape index (κ1) is 19.6. The van der Waals surface area contributed by atoms with E-state index in [0.29, 0.717) is 11.7 Å².